The Bertz CT molecular complexity index is 605. The van der Waals surface area contributed by atoms with Gasteiger partial charge in [0.15, 0.2) is 0 Å². The Morgan fingerprint density at radius 1 is 1.10 bits per heavy atom. The molecule has 2 aromatic carbocycles. The average molecular weight is 269 g/mol. The van der Waals surface area contributed by atoms with Gasteiger partial charge < -0.3 is 10.1 Å². The van der Waals surface area contributed by atoms with E-state index in [-0.39, 0.29) is 12.0 Å². The lowest BCUT2D eigenvalue weighted by Crippen LogP contribution is -2.15. The number of hydrogen-bond acceptors (Lipinski definition) is 2. The fourth-order valence-electron chi connectivity index (χ4n) is 1.93. The number of hydrogen-bond donors (Lipinski definition) is 1. The smallest absolute Gasteiger partial charge is 0.259 e. The van der Waals surface area contributed by atoms with Gasteiger partial charge in [-0.1, -0.05) is 24.3 Å². The number of anilines is 1. The van der Waals surface area contributed by atoms with Gasteiger partial charge in [-0.3, -0.25) is 4.79 Å². The molecule has 20 heavy (non-hydrogen) atoms. The van der Waals surface area contributed by atoms with Crippen molar-refractivity contribution in [3.05, 3.63) is 59.7 Å². The second-order valence-corrected chi connectivity index (χ2v) is 4.99. The molecule has 1 amide bonds. The maximum absolute atomic E-state index is 12.3. The minimum atomic E-state index is -0.160. The molecule has 0 unspecified atom stereocenters. The fraction of sp³-hybridized carbons (Fsp3) is 0.235. The number of carbonyl (C=O) groups excluding carboxylic acids is 1. The Balaban J connectivity index is 2.21. The number of nitrogens with one attached hydrogen (secondary N) is 1. The van der Waals surface area contributed by atoms with Crippen molar-refractivity contribution in [2.75, 3.05) is 5.32 Å². The standard InChI is InChI=1S/C17H19NO2/c1-12(2)20-16-10-5-4-9-15(16)17(19)18-14-8-6-7-13(3)11-14/h4-12H,1-3H3,(H,18,19). The summed E-state index contributed by atoms with van der Waals surface area (Å²) in [7, 11) is 0. The van der Waals surface area contributed by atoms with Crippen LogP contribution in [0.3, 0.4) is 0 Å². The fourth-order valence-corrected chi connectivity index (χ4v) is 1.93. The van der Waals surface area contributed by atoms with Crippen molar-refractivity contribution < 1.29 is 9.53 Å². The first-order valence-electron chi connectivity index (χ1n) is 6.70. The molecule has 0 spiro atoms. The van der Waals surface area contributed by atoms with E-state index in [9.17, 15) is 4.79 Å². The van der Waals surface area contributed by atoms with Crippen LogP contribution in [0.25, 0.3) is 0 Å². The third-order valence-corrected chi connectivity index (χ3v) is 2.77. The third-order valence-electron chi connectivity index (χ3n) is 2.77. The van der Waals surface area contributed by atoms with Crippen LogP contribution < -0.4 is 10.1 Å². The van der Waals surface area contributed by atoms with Crippen LogP contribution in [-0.4, -0.2) is 12.0 Å². The van der Waals surface area contributed by atoms with Crippen LogP contribution in [0, 0.1) is 6.92 Å². The molecule has 104 valence electrons. The van der Waals surface area contributed by atoms with Gasteiger partial charge in [0.25, 0.3) is 5.91 Å². The molecule has 0 saturated heterocycles. The van der Waals surface area contributed by atoms with E-state index in [1.165, 1.54) is 0 Å². The highest BCUT2D eigenvalue weighted by molar-refractivity contribution is 6.06. The maximum atomic E-state index is 12.3. The Hall–Kier alpha value is -2.29. The van der Waals surface area contributed by atoms with Crippen LogP contribution in [0.2, 0.25) is 0 Å². The van der Waals surface area contributed by atoms with Crippen molar-refractivity contribution in [3.8, 4) is 5.75 Å². The minimum Gasteiger partial charge on any atom is -0.490 e. The summed E-state index contributed by atoms with van der Waals surface area (Å²) in [6, 6.07) is 15.0. The molecular formula is C17H19NO2. The molecule has 0 aliphatic rings. The zero-order valence-corrected chi connectivity index (χ0v) is 12.0. The van der Waals surface area contributed by atoms with Crippen molar-refractivity contribution in [3.63, 3.8) is 0 Å². The van der Waals surface area contributed by atoms with Gasteiger partial charge in [0.2, 0.25) is 0 Å². The summed E-state index contributed by atoms with van der Waals surface area (Å²) in [6.07, 6.45) is 0.0305. The van der Waals surface area contributed by atoms with Crippen molar-refractivity contribution in [1.29, 1.82) is 0 Å². The molecule has 3 nitrogen and oxygen atoms in total. The van der Waals surface area contributed by atoms with Gasteiger partial charge in [-0.15, -0.1) is 0 Å². The van der Waals surface area contributed by atoms with Crippen molar-refractivity contribution >= 4 is 11.6 Å². The number of aryl methyl sites for hydroxylation is 1. The van der Waals surface area contributed by atoms with Crippen LogP contribution >= 0.6 is 0 Å². The van der Waals surface area contributed by atoms with Gasteiger partial charge in [-0.25, -0.2) is 0 Å². The summed E-state index contributed by atoms with van der Waals surface area (Å²) in [6.45, 7) is 5.87. The molecule has 0 saturated carbocycles. The Kier molecular flexibility index (Phi) is 4.41. The average Bonchev–Trinajstić information content (AvgIpc) is 2.38. The van der Waals surface area contributed by atoms with Gasteiger partial charge in [0.05, 0.1) is 11.7 Å². The largest absolute Gasteiger partial charge is 0.490 e. The molecule has 0 aliphatic carbocycles. The monoisotopic (exact) mass is 269 g/mol. The minimum absolute atomic E-state index is 0.0305. The van der Waals surface area contributed by atoms with Crippen molar-refractivity contribution in [1.82, 2.24) is 0 Å². The molecule has 0 radical (unpaired) electrons. The summed E-state index contributed by atoms with van der Waals surface area (Å²) in [5.74, 6) is 0.444. The molecule has 2 aromatic rings. The lowest BCUT2D eigenvalue weighted by molar-refractivity contribution is 0.102. The van der Waals surface area contributed by atoms with E-state index in [4.69, 9.17) is 4.74 Å². The van der Waals surface area contributed by atoms with E-state index >= 15 is 0 Å². The molecule has 0 fully saturated rings. The summed E-state index contributed by atoms with van der Waals surface area (Å²) >= 11 is 0. The molecule has 3 heteroatoms. The Labute approximate surface area is 119 Å². The molecule has 0 aromatic heterocycles. The SMILES string of the molecule is Cc1cccc(NC(=O)c2ccccc2OC(C)C)c1. The first kappa shape index (κ1) is 14.1. The van der Waals surface area contributed by atoms with E-state index in [2.05, 4.69) is 5.32 Å². The lowest BCUT2D eigenvalue weighted by Gasteiger charge is -2.14. The number of ether oxygens (including phenoxy) is 1. The lowest BCUT2D eigenvalue weighted by atomic mass is 10.1. The molecule has 0 heterocycles. The predicted octanol–water partition coefficient (Wildman–Crippen LogP) is 4.03. The van der Waals surface area contributed by atoms with E-state index in [0.29, 0.717) is 11.3 Å². The normalized spacial score (nSPS) is 10.4. The van der Waals surface area contributed by atoms with Crippen LogP contribution in [0.1, 0.15) is 29.8 Å². The highest BCUT2D eigenvalue weighted by Crippen LogP contribution is 2.21. The predicted molar refractivity (Wildman–Crippen MR) is 81.3 cm³/mol. The zero-order valence-electron chi connectivity index (χ0n) is 12.0. The van der Waals surface area contributed by atoms with E-state index in [1.807, 2.05) is 63.2 Å². The highest BCUT2D eigenvalue weighted by Gasteiger charge is 2.13. The maximum Gasteiger partial charge on any atom is 0.259 e. The number of carbonyl (C=O) groups is 1. The Morgan fingerprint density at radius 3 is 2.55 bits per heavy atom. The molecule has 0 atom stereocenters. The quantitative estimate of drug-likeness (QED) is 0.909. The molecule has 0 aliphatic heterocycles. The van der Waals surface area contributed by atoms with Crippen LogP contribution in [0.5, 0.6) is 5.75 Å². The van der Waals surface area contributed by atoms with Gasteiger partial charge >= 0.3 is 0 Å². The highest BCUT2D eigenvalue weighted by atomic mass is 16.5. The van der Waals surface area contributed by atoms with Gasteiger partial charge in [-0.05, 0) is 50.6 Å². The zero-order chi connectivity index (χ0) is 14.5. The number of rotatable bonds is 4. The second kappa shape index (κ2) is 6.24. The molecular weight excluding hydrogens is 250 g/mol. The van der Waals surface area contributed by atoms with Crippen LogP contribution in [0.4, 0.5) is 5.69 Å². The van der Waals surface area contributed by atoms with E-state index in [0.717, 1.165) is 11.3 Å². The second-order valence-electron chi connectivity index (χ2n) is 4.99. The Morgan fingerprint density at radius 2 is 1.85 bits per heavy atom. The third kappa shape index (κ3) is 3.60. The first-order valence-corrected chi connectivity index (χ1v) is 6.70. The molecule has 1 N–H and O–H groups in total. The van der Waals surface area contributed by atoms with E-state index in [1.54, 1.807) is 6.07 Å². The number of benzene rings is 2. The molecule has 2 rings (SSSR count). The van der Waals surface area contributed by atoms with Crippen LogP contribution in [0.15, 0.2) is 48.5 Å². The number of amides is 1. The summed E-state index contributed by atoms with van der Waals surface area (Å²) in [5, 5.41) is 2.89. The van der Waals surface area contributed by atoms with Gasteiger partial charge in [-0.2, -0.15) is 0 Å². The van der Waals surface area contributed by atoms with Crippen molar-refractivity contribution in [2.45, 2.75) is 26.9 Å². The number of para-hydroxylation sites is 1. The summed E-state index contributed by atoms with van der Waals surface area (Å²) in [5.41, 5.74) is 2.44. The van der Waals surface area contributed by atoms with Crippen LogP contribution in [-0.2, 0) is 0 Å². The summed E-state index contributed by atoms with van der Waals surface area (Å²) in [4.78, 5) is 12.3. The summed E-state index contributed by atoms with van der Waals surface area (Å²) < 4.78 is 5.67. The van der Waals surface area contributed by atoms with Crippen molar-refractivity contribution in [2.24, 2.45) is 0 Å². The topological polar surface area (TPSA) is 38.3 Å². The van der Waals surface area contributed by atoms with Gasteiger partial charge in [0, 0.05) is 5.69 Å². The first-order chi connectivity index (χ1) is 9.56. The van der Waals surface area contributed by atoms with Gasteiger partial charge in [0.1, 0.15) is 5.75 Å². The molecule has 0 bridgehead atoms. The van der Waals surface area contributed by atoms with E-state index < -0.39 is 0 Å².